The first-order valence-electron chi connectivity index (χ1n) is 4.19. The summed E-state index contributed by atoms with van der Waals surface area (Å²) >= 11 is 0. The van der Waals surface area contributed by atoms with E-state index < -0.39 is 0 Å². The molecule has 0 saturated heterocycles. The van der Waals surface area contributed by atoms with Crippen molar-refractivity contribution in [3.8, 4) is 0 Å². The topological polar surface area (TPSA) is 37.8 Å². The lowest BCUT2D eigenvalue weighted by Gasteiger charge is -2.05. The van der Waals surface area contributed by atoms with Gasteiger partial charge in [-0.3, -0.25) is 0 Å². The van der Waals surface area contributed by atoms with Crippen LogP contribution in [0.3, 0.4) is 0 Å². The van der Waals surface area contributed by atoms with Crippen molar-refractivity contribution in [3.63, 3.8) is 0 Å². The van der Waals surface area contributed by atoms with Crippen molar-refractivity contribution >= 4 is 16.6 Å². The van der Waals surface area contributed by atoms with E-state index in [1.807, 2.05) is 13.2 Å². The van der Waals surface area contributed by atoms with E-state index in [-0.39, 0.29) is 0 Å². The van der Waals surface area contributed by atoms with Crippen molar-refractivity contribution in [2.75, 3.05) is 12.4 Å². The zero-order chi connectivity index (χ0) is 9.26. The Morgan fingerprint density at radius 2 is 2.15 bits per heavy atom. The third-order valence-electron chi connectivity index (χ3n) is 2.12. The van der Waals surface area contributed by atoms with E-state index >= 15 is 0 Å². The Morgan fingerprint density at radius 3 is 2.92 bits per heavy atom. The second kappa shape index (κ2) is 3.01. The number of rotatable bonds is 1. The highest BCUT2D eigenvalue weighted by molar-refractivity contribution is 5.83. The number of fused-ring (bicyclic) bond motifs is 1. The molecule has 2 aromatic rings. The number of nitrogens with one attached hydrogen (secondary N) is 1. The van der Waals surface area contributed by atoms with Crippen molar-refractivity contribution in [2.24, 2.45) is 0 Å². The molecule has 0 amide bonds. The van der Waals surface area contributed by atoms with Gasteiger partial charge in [-0.2, -0.15) is 0 Å². The maximum atomic E-state index is 4.18. The fourth-order valence-corrected chi connectivity index (χ4v) is 1.40. The van der Waals surface area contributed by atoms with Gasteiger partial charge >= 0.3 is 0 Å². The largest absolute Gasteiger partial charge is 0.388 e. The number of hydrogen-bond donors (Lipinski definition) is 1. The predicted octanol–water partition coefficient (Wildman–Crippen LogP) is 1.98. The number of hydrogen-bond acceptors (Lipinski definition) is 3. The van der Waals surface area contributed by atoms with Crippen LogP contribution >= 0.6 is 0 Å². The molecule has 0 aliphatic rings. The van der Waals surface area contributed by atoms with E-state index in [0.29, 0.717) is 0 Å². The van der Waals surface area contributed by atoms with Crippen molar-refractivity contribution in [3.05, 3.63) is 30.2 Å². The molecule has 1 heterocycles. The Bertz CT molecular complexity index is 437. The fraction of sp³-hybridized carbons (Fsp3) is 0.200. The van der Waals surface area contributed by atoms with E-state index in [4.69, 9.17) is 0 Å². The van der Waals surface area contributed by atoms with Crippen LogP contribution in [-0.4, -0.2) is 17.0 Å². The Morgan fingerprint density at radius 1 is 1.31 bits per heavy atom. The van der Waals surface area contributed by atoms with Crippen LogP contribution in [-0.2, 0) is 0 Å². The number of anilines is 1. The first kappa shape index (κ1) is 7.98. The van der Waals surface area contributed by atoms with Crippen LogP contribution in [0.4, 0.5) is 5.69 Å². The van der Waals surface area contributed by atoms with Crippen LogP contribution in [0, 0.1) is 6.92 Å². The monoisotopic (exact) mass is 173 g/mol. The average Bonchev–Trinajstić information content (AvgIpc) is 2.17. The zero-order valence-corrected chi connectivity index (χ0v) is 7.70. The zero-order valence-electron chi connectivity index (χ0n) is 7.70. The smallest absolute Gasteiger partial charge is 0.116 e. The summed E-state index contributed by atoms with van der Waals surface area (Å²) in [5.74, 6) is 0. The van der Waals surface area contributed by atoms with Gasteiger partial charge in [0.2, 0.25) is 0 Å². The molecule has 0 saturated carbocycles. The third kappa shape index (κ3) is 1.33. The van der Waals surface area contributed by atoms with Crippen molar-refractivity contribution in [1.82, 2.24) is 9.97 Å². The van der Waals surface area contributed by atoms with E-state index in [1.54, 1.807) is 6.33 Å². The molecule has 0 atom stereocenters. The predicted molar refractivity (Wildman–Crippen MR) is 53.8 cm³/mol. The first-order chi connectivity index (χ1) is 6.31. The van der Waals surface area contributed by atoms with Crippen molar-refractivity contribution in [2.45, 2.75) is 6.92 Å². The number of aryl methyl sites for hydroxylation is 1. The molecule has 1 aromatic heterocycles. The lowest BCUT2D eigenvalue weighted by molar-refractivity contribution is 1.22. The molecule has 0 fully saturated rings. The highest BCUT2D eigenvalue weighted by Gasteiger charge is 1.99. The van der Waals surface area contributed by atoms with Crippen LogP contribution in [0.2, 0.25) is 0 Å². The maximum Gasteiger partial charge on any atom is 0.116 e. The van der Waals surface area contributed by atoms with Gasteiger partial charge in [0, 0.05) is 24.3 Å². The van der Waals surface area contributed by atoms with Gasteiger partial charge in [-0.1, -0.05) is 0 Å². The highest BCUT2D eigenvalue weighted by Crippen LogP contribution is 2.20. The van der Waals surface area contributed by atoms with Gasteiger partial charge in [0.25, 0.3) is 0 Å². The molecule has 0 radical (unpaired) electrons. The second-order valence-electron chi connectivity index (χ2n) is 3.00. The Hall–Kier alpha value is -1.64. The van der Waals surface area contributed by atoms with E-state index in [2.05, 4.69) is 34.3 Å². The van der Waals surface area contributed by atoms with Gasteiger partial charge in [0.1, 0.15) is 6.33 Å². The maximum absolute atomic E-state index is 4.18. The summed E-state index contributed by atoms with van der Waals surface area (Å²) in [5.41, 5.74) is 3.32. The molecule has 1 N–H and O–H groups in total. The first-order valence-corrected chi connectivity index (χ1v) is 4.19. The van der Waals surface area contributed by atoms with Crippen molar-refractivity contribution in [1.29, 1.82) is 0 Å². The summed E-state index contributed by atoms with van der Waals surface area (Å²) in [4.78, 5) is 8.16. The van der Waals surface area contributed by atoms with Gasteiger partial charge in [0.05, 0.1) is 5.52 Å². The Kier molecular flexibility index (Phi) is 1.85. The lowest BCUT2D eigenvalue weighted by Crippen LogP contribution is -1.92. The third-order valence-corrected chi connectivity index (χ3v) is 2.12. The summed E-state index contributed by atoms with van der Waals surface area (Å²) < 4.78 is 0. The number of aromatic nitrogens is 2. The minimum Gasteiger partial charge on any atom is -0.388 e. The van der Waals surface area contributed by atoms with Gasteiger partial charge in [-0.25, -0.2) is 9.97 Å². The summed E-state index contributed by atoms with van der Waals surface area (Å²) in [6.07, 6.45) is 3.39. The van der Waals surface area contributed by atoms with Crippen molar-refractivity contribution < 1.29 is 0 Å². The highest BCUT2D eigenvalue weighted by atomic mass is 14.8. The second-order valence-corrected chi connectivity index (χ2v) is 3.00. The summed E-state index contributed by atoms with van der Waals surface area (Å²) in [7, 11) is 1.91. The van der Waals surface area contributed by atoms with Gasteiger partial charge in [-0.05, 0) is 24.6 Å². The van der Waals surface area contributed by atoms with Gasteiger partial charge in [-0.15, -0.1) is 0 Å². The number of benzene rings is 1. The summed E-state index contributed by atoms with van der Waals surface area (Å²) in [6, 6.07) is 4.12. The van der Waals surface area contributed by atoms with Crippen LogP contribution in [0.15, 0.2) is 24.7 Å². The molecule has 2 rings (SSSR count). The molecule has 66 valence electrons. The van der Waals surface area contributed by atoms with Gasteiger partial charge in [0.15, 0.2) is 0 Å². The average molecular weight is 173 g/mol. The van der Waals surface area contributed by atoms with E-state index in [9.17, 15) is 0 Å². The minimum atomic E-state index is 0.992. The molecule has 0 aliphatic carbocycles. The minimum absolute atomic E-state index is 0.992. The van der Waals surface area contributed by atoms with Crippen LogP contribution in [0.5, 0.6) is 0 Å². The summed E-state index contributed by atoms with van der Waals surface area (Å²) in [5, 5.41) is 4.20. The fourth-order valence-electron chi connectivity index (χ4n) is 1.40. The Labute approximate surface area is 76.8 Å². The molecule has 3 heteroatoms. The quantitative estimate of drug-likeness (QED) is 0.716. The lowest BCUT2D eigenvalue weighted by atomic mass is 10.1. The van der Waals surface area contributed by atoms with Gasteiger partial charge < -0.3 is 5.32 Å². The van der Waals surface area contributed by atoms with Crippen LogP contribution in [0.1, 0.15) is 5.56 Å². The molecule has 0 spiro atoms. The molecule has 0 aliphatic heterocycles. The molecule has 13 heavy (non-hydrogen) atoms. The standard InChI is InChI=1S/C10H11N3/c1-7-3-10-8(4-9(7)11-2)5-12-6-13-10/h3-6,11H,1-2H3. The molecule has 0 bridgehead atoms. The molecular formula is C10H11N3. The molecule has 1 aromatic carbocycles. The molecular weight excluding hydrogens is 162 g/mol. The molecule has 0 unspecified atom stereocenters. The molecule has 3 nitrogen and oxygen atoms in total. The van der Waals surface area contributed by atoms with Crippen LogP contribution < -0.4 is 5.32 Å². The normalized spacial score (nSPS) is 10.3. The van der Waals surface area contributed by atoms with Crippen LogP contribution in [0.25, 0.3) is 10.9 Å². The van der Waals surface area contributed by atoms with E-state index in [1.165, 1.54) is 5.56 Å². The number of nitrogens with zero attached hydrogens (tertiary/aromatic N) is 2. The van der Waals surface area contributed by atoms with E-state index in [0.717, 1.165) is 16.6 Å². The summed E-state index contributed by atoms with van der Waals surface area (Å²) in [6.45, 7) is 2.06. The Balaban J connectivity index is 2.74. The SMILES string of the molecule is CNc1cc2cncnc2cc1C.